The van der Waals surface area contributed by atoms with Crippen LogP contribution < -0.4 is 5.32 Å². The molecular weight excluding hydrogens is 337 g/mol. The van der Waals surface area contributed by atoms with Gasteiger partial charge in [0.1, 0.15) is 11.3 Å². The number of benzene rings is 1. The Morgan fingerprint density at radius 2 is 1.74 bits per heavy atom. The molecule has 1 aromatic carbocycles. The molecule has 23 heavy (non-hydrogen) atoms. The van der Waals surface area contributed by atoms with Crippen LogP contribution in [0.15, 0.2) is 33.7 Å². The summed E-state index contributed by atoms with van der Waals surface area (Å²) in [7, 11) is -5.42. The fourth-order valence-electron chi connectivity index (χ4n) is 1.85. The van der Waals surface area contributed by atoms with Gasteiger partial charge in [0.05, 0.1) is 10.6 Å². The van der Waals surface area contributed by atoms with Crippen molar-refractivity contribution in [2.45, 2.75) is 24.3 Å². The lowest BCUT2D eigenvalue weighted by Crippen LogP contribution is -2.23. The molecular formula is C13H11F3N2O4S. The summed E-state index contributed by atoms with van der Waals surface area (Å²) in [6.07, 6.45) is 0. The van der Waals surface area contributed by atoms with E-state index in [1.54, 1.807) is 6.92 Å². The normalized spacial score (nSPS) is 12.2. The highest BCUT2D eigenvalue weighted by molar-refractivity contribution is 7.92. The lowest BCUT2D eigenvalue weighted by molar-refractivity contribution is -0.0436. The summed E-state index contributed by atoms with van der Waals surface area (Å²) in [4.78, 5) is 11.1. The Kier molecular flexibility index (Phi) is 4.20. The van der Waals surface area contributed by atoms with Gasteiger partial charge >= 0.3 is 5.51 Å². The first-order valence-corrected chi connectivity index (χ1v) is 7.68. The molecule has 0 saturated heterocycles. The molecule has 2 aromatic rings. The maximum Gasteiger partial charge on any atom is 0.501 e. The van der Waals surface area contributed by atoms with Crippen LogP contribution in [0.5, 0.6) is 0 Å². The van der Waals surface area contributed by atoms with Gasteiger partial charge in [-0.2, -0.15) is 13.2 Å². The predicted octanol–water partition coefficient (Wildman–Crippen LogP) is 2.84. The summed E-state index contributed by atoms with van der Waals surface area (Å²) in [6, 6.07) is 3.67. The minimum Gasteiger partial charge on any atom is -0.361 e. The van der Waals surface area contributed by atoms with Crippen molar-refractivity contribution in [2.24, 2.45) is 0 Å². The van der Waals surface area contributed by atoms with Crippen LogP contribution in [-0.2, 0) is 9.84 Å². The molecule has 2 rings (SSSR count). The molecule has 0 saturated carbocycles. The topological polar surface area (TPSA) is 89.3 Å². The van der Waals surface area contributed by atoms with E-state index in [4.69, 9.17) is 4.52 Å². The third kappa shape index (κ3) is 3.21. The first kappa shape index (κ1) is 17.0. The van der Waals surface area contributed by atoms with Crippen LogP contribution in [0.25, 0.3) is 0 Å². The first-order chi connectivity index (χ1) is 10.5. The van der Waals surface area contributed by atoms with Crippen LogP contribution in [0.2, 0.25) is 0 Å². The summed E-state index contributed by atoms with van der Waals surface area (Å²) in [6.45, 7) is 3.10. The number of carbonyl (C=O) groups excluding carboxylic acids is 1. The molecule has 0 radical (unpaired) electrons. The van der Waals surface area contributed by atoms with Gasteiger partial charge in [-0.3, -0.25) is 4.79 Å². The van der Waals surface area contributed by atoms with Crippen LogP contribution in [-0.4, -0.2) is 25.0 Å². The maximum atomic E-state index is 12.4. The van der Waals surface area contributed by atoms with E-state index in [-0.39, 0.29) is 17.0 Å². The second-order valence-corrected chi connectivity index (χ2v) is 6.57. The summed E-state index contributed by atoms with van der Waals surface area (Å²) in [5.74, 6) is -0.274. The number of aryl methyl sites for hydroxylation is 2. The second kappa shape index (κ2) is 5.69. The zero-order chi connectivity index (χ0) is 17.4. The molecule has 1 aromatic heterocycles. The molecule has 1 N–H and O–H groups in total. The van der Waals surface area contributed by atoms with Crippen LogP contribution >= 0.6 is 0 Å². The molecule has 0 aliphatic carbocycles. The Morgan fingerprint density at radius 1 is 1.17 bits per heavy atom. The van der Waals surface area contributed by atoms with E-state index < -0.39 is 26.1 Å². The average Bonchev–Trinajstić information content (AvgIpc) is 2.77. The van der Waals surface area contributed by atoms with Crippen LogP contribution in [0.4, 0.5) is 18.9 Å². The van der Waals surface area contributed by atoms with E-state index in [1.807, 2.05) is 0 Å². The van der Waals surface area contributed by atoms with E-state index in [0.29, 0.717) is 5.69 Å². The molecule has 0 spiro atoms. The second-order valence-electron chi connectivity index (χ2n) is 4.63. The summed E-state index contributed by atoms with van der Waals surface area (Å²) in [5, 5.41) is 6.04. The summed E-state index contributed by atoms with van der Waals surface area (Å²) in [5.41, 5.74) is -4.68. The van der Waals surface area contributed by atoms with Gasteiger partial charge in [0.15, 0.2) is 0 Å². The Bertz CT molecular complexity index is 820. The van der Waals surface area contributed by atoms with Gasteiger partial charge < -0.3 is 9.84 Å². The van der Waals surface area contributed by atoms with E-state index >= 15 is 0 Å². The summed E-state index contributed by atoms with van der Waals surface area (Å²) < 4.78 is 64.6. The number of amides is 1. The van der Waals surface area contributed by atoms with Crippen LogP contribution in [0.1, 0.15) is 21.8 Å². The minimum atomic E-state index is -5.42. The number of sulfone groups is 1. The van der Waals surface area contributed by atoms with Gasteiger partial charge in [-0.15, -0.1) is 0 Å². The lowest BCUT2D eigenvalue weighted by Gasteiger charge is -2.09. The molecule has 10 heteroatoms. The number of nitrogens with one attached hydrogen (secondary N) is 1. The number of aromatic nitrogens is 1. The van der Waals surface area contributed by atoms with E-state index in [1.165, 1.54) is 6.92 Å². The fraction of sp³-hybridized carbons (Fsp3) is 0.231. The van der Waals surface area contributed by atoms with Crippen molar-refractivity contribution in [1.82, 2.24) is 5.16 Å². The number of nitrogens with zero attached hydrogens (tertiary/aromatic N) is 1. The van der Waals surface area contributed by atoms with Gasteiger partial charge in [0, 0.05) is 5.69 Å². The Hall–Kier alpha value is -2.36. The minimum absolute atomic E-state index is 0.135. The Balaban J connectivity index is 2.23. The number of halogens is 3. The number of alkyl halides is 3. The Morgan fingerprint density at radius 3 is 2.17 bits per heavy atom. The molecule has 1 amide bonds. The third-order valence-corrected chi connectivity index (χ3v) is 4.49. The van der Waals surface area contributed by atoms with Crippen molar-refractivity contribution in [3.8, 4) is 0 Å². The SMILES string of the molecule is Cc1noc(C)c1C(=O)Nc1ccc(S(=O)(=O)C(F)(F)F)cc1. The van der Waals surface area contributed by atoms with Crippen molar-refractivity contribution < 1.29 is 30.9 Å². The molecule has 0 fully saturated rings. The van der Waals surface area contributed by atoms with Gasteiger partial charge in [-0.1, -0.05) is 5.16 Å². The monoisotopic (exact) mass is 348 g/mol. The molecule has 6 nitrogen and oxygen atoms in total. The third-order valence-electron chi connectivity index (χ3n) is 2.99. The largest absolute Gasteiger partial charge is 0.501 e. The average molecular weight is 348 g/mol. The zero-order valence-electron chi connectivity index (χ0n) is 11.9. The van der Waals surface area contributed by atoms with Crippen LogP contribution in [0.3, 0.4) is 0 Å². The highest BCUT2D eigenvalue weighted by atomic mass is 32.2. The van der Waals surface area contributed by atoms with Crippen molar-refractivity contribution in [1.29, 1.82) is 0 Å². The van der Waals surface area contributed by atoms with E-state index in [0.717, 1.165) is 24.3 Å². The molecule has 0 bridgehead atoms. The van der Waals surface area contributed by atoms with Crippen molar-refractivity contribution in [3.05, 3.63) is 41.3 Å². The standard InChI is InChI=1S/C13H11F3N2O4S/c1-7-11(8(2)22-18-7)12(19)17-9-3-5-10(6-4-9)23(20,21)13(14,15)16/h3-6H,1-2H3,(H,17,19). The van der Waals surface area contributed by atoms with Crippen molar-refractivity contribution >= 4 is 21.4 Å². The van der Waals surface area contributed by atoms with Crippen molar-refractivity contribution in [2.75, 3.05) is 5.32 Å². The number of carbonyl (C=O) groups is 1. The lowest BCUT2D eigenvalue weighted by atomic mass is 10.2. The highest BCUT2D eigenvalue weighted by Crippen LogP contribution is 2.30. The van der Waals surface area contributed by atoms with Gasteiger partial charge in [0.25, 0.3) is 15.7 Å². The van der Waals surface area contributed by atoms with Gasteiger partial charge in [-0.05, 0) is 38.1 Å². The first-order valence-electron chi connectivity index (χ1n) is 6.19. The highest BCUT2D eigenvalue weighted by Gasteiger charge is 2.46. The van der Waals surface area contributed by atoms with E-state index in [9.17, 15) is 26.4 Å². The molecule has 1 heterocycles. The molecule has 0 aliphatic heterocycles. The maximum absolute atomic E-state index is 12.4. The Labute approximate surface area is 129 Å². The molecule has 0 aliphatic rings. The number of hydrogen-bond acceptors (Lipinski definition) is 5. The summed E-state index contributed by atoms with van der Waals surface area (Å²) >= 11 is 0. The number of anilines is 1. The van der Waals surface area contributed by atoms with Gasteiger partial charge in [0.2, 0.25) is 0 Å². The molecule has 0 unspecified atom stereocenters. The van der Waals surface area contributed by atoms with E-state index in [2.05, 4.69) is 10.5 Å². The smallest absolute Gasteiger partial charge is 0.361 e. The molecule has 124 valence electrons. The number of rotatable bonds is 3. The van der Waals surface area contributed by atoms with Crippen molar-refractivity contribution in [3.63, 3.8) is 0 Å². The van der Waals surface area contributed by atoms with Crippen LogP contribution in [0, 0.1) is 13.8 Å². The number of hydrogen-bond donors (Lipinski definition) is 1. The quantitative estimate of drug-likeness (QED) is 0.921. The predicted molar refractivity (Wildman–Crippen MR) is 73.6 cm³/mol. The fourth-order valence-corrected chi connectivity index (χ4v) is 2.61. The molecule has 0 atom stereocenters. The zero-order valence-corrected chi connectivity index (χ0v) is 12.7. The van der Waals surface area contributed by atoms with Gasteiger partial charge in [-0.25, -0.2) is 8.42 Å².